The number of anilines is 1. The number of rotatable bonds is 2. The number of hydrogen-bond donors (Lipinski definition) is 1. The van der Waals surface area contributed by atoms with Gasteiger partial charge in [0.1, 0.15) is 5.82 Å². The average molecular weight is 456 g/mol. The molecular weight excluding hydrogens is 433 g/mol. The summed E-state index contributed by atoms with van der Waals surface area (Å²) in [6, 6.07) is 3.47. The second-order valence-electron chi connectivity index (χ2n) is 7.65. The minimum atomic E-state index is -5.08. The number of alkyl halides is 3. The van der Waals surface area contributed by atoms with Crippen LogP contribution in [0.4, 0.5) is 19.0 Å². The number of piperidine rings is 1. The number of carbonyl (C=O) groups is 2. The highest BCUT2D eigenvalue weighted by Gasteiger charge is 2.41. The fraction of sp³-hybridized carbons (Fsp3) is 0.500. The summed E-state index contributed by atoms with van der Waals surface area (Å²) in [6.07, 6.45) is 3.63. The van der Waals surface area contributed by atoms with Crippen LogP contribution in [-0.4, -0.2) is 77.4 Å². The number of hydrogen-bond acceptors (Lipinski definition) is 7. The molecule has 0 aromatic carbocycles. The van der Waals surface area contributed by atoms with Gasteiger partial charge in [0.15, 0.2) is 5.76 Å². The van der Waals surface area contributed by atoms with E-state index in [-0.39, 0.29) is 11.3 Å². The predicted molar refractivity (Wildman–Crippen MR) is 105 cm³/mol. The molecule has 0 bridgehead atoms. The predicted octanol–water partition coefficient (Wildman–Crippen LogP) is 2.46. The number of ether oxygens (including phenoxy) is 1. The zero-order chi connectivity index (χ0) is 23.2. The lowest BCUT2D eigenvalue weighted by Gasteiger charge is -2.43. The van der Waals surface area contributed by atoms with Crippen molar-refractivity contribution < 1.29 is 37.0 Å². The number of halogens is 3. The lowest BCUT2D eigenvalue weighted by molar-refractivity contribution is -0.192. The smallest absolute Gasteiger partial charge is 0.475 e. The molecule has 2 aromatic heterocycles. The molecule has 0 aliphatic carbocycles. The molecule has 174 valence electrons. The van der Waals surface area contributed by atoms with Crippen molar-refractivity contribution in [3.8, 4) is 0 Å². The van der Waals surface area contributed by atoms with Crippen LogP contribution in [0.5, 0.6) is 0 Å². The van der Waals surface area contributed by atoms with Gasteiger partial charge in [-0.15, -0.1) is 0 Å². The van der Waals surface area contributed by atoms with Crippen molar-refractivity contribution in [2.75, 3.05) is 44.3 Å². The van der Waals surface area contributed by atoms with Crippen LogP contribution in [0.1, 0.15) is 23.4 Å². The van der Waals surface area contributed by atoms with Crippen LogP contribution < -0.4 is 4.90 Å². The number of nitrogens with zero attached hydrogens (tertiary/aromatic N) is 4. The first-order valence-corrected chi connectivity index (χ1v) is 9.92. The number of aromatic nitrogens is 2. The Balaban J connectivity index is 0.000000360. The zero-order valence-electron chi connectivity index (χ0n) is 17.1. The standard InChI is InChI=1S/C18H22N4O3.C2HF3O2/c23-17(15-3-1-9-25-15)22-7-2-4-18(13-22)12-21(8-10-24-14-18)16-11-19-5-6-20-16;3-2(4,5)1(6)7/h1,3,5-6,9,11H,2,4,7-8,10,12-14H2;(H,6,7). The highest BCUT2D eigenvalue weighted by molar-refractivity contribution is 5.91. The van der Waals surface area contributed by atoms with E-state index in [4.69, 9.17) is 19.1 Å². The number of amides is 1. The number of carbonyl (C=O) groups excluding carboxylic acids is 1. The number of carboxylic acids is 1. The third kappa shape index (κ3) is 5.96. The maximum Gasteiger partial charge on any atom is 0.490 e. The largest absolute Gasteiger partial charge is 0.490 e. The zero-order valence-corrected chi connectivity index (χ0v) is 17.1. The first kappa shape index (κ1) is 23.5. The third-order valence-corrected chi connectivity index (χ3v) is 5.24. The Labute approximate surface area is 181 Å². The van der Waals surface area contributed by atoms with Gasteiger partial charge in [0, 0.05) is 44.0 Å². The summed E-state index contributed by atoms with van der Waals surface area (Å²) in [5.41, 5.74) is -0.0888. The van der Waals surface area contributed by atoms with Gasteiger partial charge in [-0.2, -0.15) is 13.2 Å². The van der Waals surface area contributed by atoms with Crippen molar-refractivity contribution in [1.29, 1.82) is 0 Å². The van der Waals surface area contributed by atoms with Gasteiger partial charge in [-0.3, -0.25) is 9.78 Å². The first-order valence-electron chi connectivity index (χ1n) is 9.92. The molecule has 2 aromatic rings. The fourth-order valence-electron chi connectivity index (χ4n) is 3.83. The molecule has 1 unspecified atom stereocenters. The van der Waals surface area contributed by atoms with E-state index < -0.39 is 12.1 Å². The second kappa shape index (κ2) is 9.98. The Hall–Kier alpha value is -3.15. The van der Waals surface area contributed by atoms with E-state index in [1.807, 2.05) is 4.90 Å². The van der Waals surface area contributed by atoms with Crippen LogP contribution >= 0.6 is 0 Å². The Morgan fingerprint density at radius 2 is 1.97 bits per heavy atom. The van der Waals surface area contributed by atoms with Crippen molar-refractivity contribution in [1.82, 2.24) is 14.9 Å². The van der Waals surface area contributed by atoms with Gasteiger partial charge in [-0.1, -0.05) is 0 Å². The van der Waals surface area contributed by atoms with Gasteiger partial charge in [-0.25, -0.2) is 9.78 Å². The molecule has 2 saturated heterocycles. The highest BCUT2D eigenvalue weighted by Crippen LogP contribution is 2.34. The molecule has 2 aliphatic heterocycles. The molecule has 2 aliphatic rings. The summed E-state index contributed by atoms with van der Waals surface area (Å²) in [6.45, 7) is 4.34. The van der Waals surface area contributed by atoms with E-state index in [9.17, 15) is 18.0 Å². The summed E-state index contributed by atoms with van der Waals surface area (Å²) in [7, 11) is 0. The molecule has 1 atom stereocenters. The summed E-state index contributed by atoms with van der Waals surface area (Å²) in [4.78, 5) is 34.3. The minimum absolute atomic E-state index is 0.0422. The Morgan fingerprint density at radius 1 is 1.19 bits per heavy atom. The van der Waals surface area contributed by atoms with E-state index in [0.717, 1.165) is 38.3 Å². The van der Waals surface area contributed by atoms with E-state index in [0.29, 0.717) is 25.5 Å². The average Bonchev–Trinajstić information content (AvgIpc) is 3.23. The van der Waals surface area contributed by atoms with Crippen molar-refractivity contribution in [3.63, 3.8) is 0 Å². The molecule has 32 heavy (non-hydrogen) atoms. The van der Waals surface area contributed by atoms with E-state index >= 15 is 0 Å². The maximum atomic E-state index is 12.7. The highest BCUT2D eigenvalue weighted by atomic mass is 19.4. The van der Waals surface area contributed by atoms with Crippen LogP contribution in [-0.2, 0) is 9.53 Å². The molecule has 12 heteroatoms. The topological polar surface area (TPSA) is 109 Å². The van der Waals surface area contributed by atoms with Crippen LogP contribution in [0.25, 0.3) is 0 Å². The van der Waals surface area contributed by atoms with E-state index in [1.165, 1.54) is 6.26 Å². The van der Waals surface area contributed by atoms with Crippen molar-refractivity contribution in [3.05, 3.63) is 42.7 Å². The number of likely N-dealkylation sites (tertiary alicyclic amines) is 1. The van der Waals surface area contributed by atoms with Crippen LogP contribution in [0, 0.1) is 5.41 Å². The van der Waals surface area contributed by atoms with Crippen LogP contribution in [0.2, 0.25) is 0 Å². The molecule has 1 spiro atoms. The normalized spacial score (nSPS) is 21.5. The van der Waals surface area contributed by atoms with E-state index in [2.05, 4.69) is 14.9 Å². The maximum absolute atomic E-state index is 12.7. The van der Waals surface area contributed by atoms with Gasteiger partial charge < -0.3 is 24.1 Å². The number of carboxylic acid groups (broad SMARTS) is 1. The summed E-state index contributed by atoms with van der Waals surface area (Å²) in [5.74, 6) is -1.54. The van der Waals surface area contributed by atoms with E-state index in [1.54, 1.807) is 30.7 Å². The van der Waals surface area contributed by atoms with Gasteiger partial charge in [0.2, 0.25) is 0 Å². The quantitative estimate of drug-likeness (QED) is 0.734. The van der Waals surface area contributed by atoms with Gasteiger partial charge in [0.25, 0.3) is 5.91 Å². The Bertz CT molecular complexity index is 894. The monoisotopic (exact) mass is 456 g/mol. The fourth-order valence-corrected chi connectivity index (χ4v) is 3.83. The Kier molecular flexibility index (Phi) is 7.33. The summed E-state index contributed by atoms with van der Waals surface area (Å²) >= 11 is 0. The van der Waals surface area contributed by atoms with Crippen LogP contribution in [0.15, 0.2) is 41.4 Å². The van der Waals surface area contributed by atoms with Crippen LogP contribution in [0.3, 0.4) is 0 Å². The first-order chi connectivity index (χ1) is 15.2. The van der Waals surface area contributed by atoms with Crippen molar-refractivity contribution >= 4 is 17.7 Å². The molecule has 1 N–H and O–H groups in total. The van der Waals surface area contributed by atoms with Gasteiger partial charge in [-0.05, 0) is 25.0 Å². The SMILES string of the molecule is O=C(O)C(F)(F)F.O=C(c1ccco1)N1CCCC2(COCCN(c3cnccn3)C2)C1. The molecular formula is C20H23F3N4O5. The van der Waals surface area contributed by atoms with Gasteiger partial charge >= 0.3 is 12.1 Å². The molecule has 0 radical (unpaired) electrons. The third-order valence-electron chi connectivity index (χ3n) is 5.24. The molecule has 2 fully saturated rings. The molecule has 1 amide bonds. The molecule has 4 heterocycles. The Morgan fingerprint density at radius 3 is 2.59 bits per heavy atom. The summed E-state index contributed by atoms with van der Waals surface area (Å²) in [5, 5.41) is 7.12. The number of aliphatic carboxylic acids is 1. The molecule has 4 rings (SSSR count). The lowest BCUT2D eigenvalue weighted by atomic mass is 9.80. The lowest BCUT2D eigenvalue weighted by Crippen LogP contribution is -2.52. The minimum Gasteiger partial charge on any atom is -0.475 e. The van der Waals surface area contributed by atoms with Crippen molar-refractivity contribution in [2.24, 2.45) is 5.41 Å². The van der Waals surface area contributed by atoms with Gasteiger partial charge in [0.05, 0.1) is 25.7 Å². The number of furan rings is 1. The summed E-state index contributed by atoms with van der Waals surface area (Å²) < 4.78 is 42.9. The van der Waals surface area contributed by atoms with Crippen molar-refractivity contribution in [2.45, 2.75) is 19.0 Å². The second-order valence-corrected chi connectivity index (χ2v) is 7.65. The molecule has 9 nitrogen and oxygen atoms in total. The molecule has 0 saturated carbocycles.